The van der Waals surface area contributed by atoms with Crippen molar-refractivity contribution in [3.8, 4) is 0 Å². The molecule has 2 spiro atoms. The summed E-state index contributed by atoms with van der Waals surface area (Å²) < 4.78 is 14.0. The fourth-order valence-corrected chi connectivity index (χ4v) is 9.03. The molecule has 0 saturated carbocycles. The van der Waals surface area contributed by atoms with Gasteiger partial charge in [0.2, 0.25) is 0 Å². The average Bonchev–Trinajstić information content (AvgIpc) is 3.58. The second-order valence-electron chi connectivity index (χ2n) is 10.4. The van der Waals surface area contributed by atoms with Crippen LogP contribution < -0.4 is 10.7 Å². The van der Waals surface area contributed by atoms with E-state index in [9.17, 15) is 9.59 Å². The fourth-order valence-electron chi connectivity index (χ4n) is 7.32. The van der Waals surface area contributed by atoms with E-state index in [4.69, 9.17) is 0 Å². The van der Waals surface area contributed by atoms with Crippen molar-refractivity contribution in [2.75, 3.05) is 32.0 Å². The molecular weight excluding hydrogens is 521 g/mol. The molecule has 5 heterocycles. The third-order valence-corrected chi connectivity index (χ3v) is 10.4. The Morgan fingerprint density at radius 2 is 1.77 bits per heavy atom. The fraction of sp³-hybridized carbons (Fsp3) is 0.407. The van der Waals surface area contributed by atoms with Gasteiger partial charge in [0.25, 0.3) is 11.8 Å². The Labute approximate surface area is 229 Å². The monoisotopic (exact) mass is 549 g/mol. The number of carbonyl (C=O) groups is 3. The van der Waals surface area contributed by atoms with Gasteiger partial charge in [-0.15, -0.1) is 0 Å². The normalized spacial score (nSPS) is 33.0. The number of para-hydroxylation sites is 1. The minimum Gasteiger partial charge on any atom is -0.324 e. The number of likely N-dealkylation sites (tertiary alicyclic amines) is 1. The number of halogens is 1. The number of carbonyl (C=O) groups excluding carboxylic acids is 3. The van der Waals surface area contributed by atoms with Gasteiger partial charge in [0.1, 0.15) is 10.6 Å². The Kier molecular flexibility index (Phi) is 5.12. The molecule has 2 aromatic carbocycles. The van der Waals surface area contributed by atoms with Crippen LogP contribution in [0.25, 0.3) is 0 Å². The predicted molar refractivity (Wildman–Crippen MR) is 144 cm³/mol. The van der Waals surface area contributed by atoms with Crippen LogP contribution in [0.15, 0.2) is 53.6 Å². The molecule has 10 nitrogen and oxygen atoms in total. The molecule has 3 fully saturated rings. The Morgan fingerprint density at radius 1 is 1.05 bits per heavy atom. The molecule has 2 N–H and O–H groups in total. The quantitative estimate of drug-likeness (QED) is 0.610. The Hall–Kier alpha value is -3.64. The van der Waals surface area contributed by atoms with Gasteiger partial charge in [-0.3, -0.25) is 34.6 Å². The molecular formula is C27H28FN7O3S. The van der Waals surface area contributed by atoms with Crippen molar-refractivity contribution in [1.29, 1.82) is 0 Å². The summed E-state index contributed by atoms with van der Waals surface area (Å²) in [6.07, 6.45) is -1.20. The molecule has 5 aliphatic heterocycles. The van der Waals surface area contributed by atoms with Crippen LogP contribution in [0.2, 0.25) is 0 Å². The van der Waals surface area contributed by atoms with Gasteiger partial charge < -0.3 is 5.32 Å². The van der Waals surface area contributed by atoms with Crippen molar-refractivity contribution in [3.05, 3.63) is 65.5 Å². The lowest BCUT2D eigenvalue weighted by Gasteiger charge is -2.42. The molecule has 5 aliphatic rings. The van der Waals surface area contributed by atoms with E-state index in [2.05, 4.69) is 15.8 Å². The minimum atomic E-state index is -1.49. The largest absolute Gasteiger partial charge is 0.324 e. The summed E-state index contributed by atoms with van der Waals surface area (Å²) >= 11 is 1.20. The van der Waals surface area contributed by atoms with Crippen molar-refractivity contribution in [2.45, 2.75) is 42.4 Å². The smallest absolute Gasteiger partial charge is 0.323 e. The summed E-state index contributed by atoms with van der Waals surface area (Å²) in [7, 11) is 1.81. The van der Waals surface area contributed by atoms with Gasteiger partial charge in [-0.25, -0.2) is 9.18 Å². The first kappa shape index (κ1) is 24.4. The Balaban J connectivity index is 1.48. The maximum Gasteiger partial charge on any atom is 0.323 e. The standard InChI is InChI=1S/C27H28FN7O3S/c1-4-33-20-21(34(5-2)25(33)38)35-23(37)27(39-24(35)31-30-20)17(15-10-6-8-12-18(15)28)14-32(3)26(27)16-11-7-9-13-19(16)29-22(26)36/h6-13,17,20-21,30H,4-5,14H2,1-3H3,(H,29,36). The number of hydrazone groups is 1. The van der Waals surface area contributed by atoms with E-state index in [0.29, 0.717) is 35.1 Å². The van der Waals surface area contributed by atoms with Crippen LogP contribution in [0.5, 0.6) is 0 Å². The molecule has 3 saturated heterocycles. The molecule has 12 heteroatoms. The number of hydrogen-bond donors (Lipinski definition) is 2. The zero-order valence-electron chi connectivity index (χ0n) is 21.7. The molecule has 0 aromatic heterocycles. The first-order chi connectivity index (χ1) is 18.8. The van der Waals surface area contributed by atoms with E-state index in [1.807, 2.05) is 50.1 Å². The topological polar surface area (TPSA) is 101 Å². The molecule has 4 amide bonds. The van der Waals surface area contributed by atoms with Crippen LogP contribution in [-0.4, -0.2) is 86.4 Å². The summed E-state index contributed by atoms with van der Waals surface area (Å²) in [5, 5.41) is 7.96. The number of anilines is 1. The summed E-state index contributed by atoms with van der Waals surface area (Å²) in [6, 6.07) is 13.6. The number of benzene rings is 2. The van der Waals surface area contributed by atoms with Crippen molar-refractivity contribution in [1.82, 2.24) is 25.0 Å². The highest BCUT2D eigenvalue weighted by Gasteiger charge is 2.79. The van der Waals surface area contributed by atoms with E-state index in [-0.39, 0.29) is 24.4 Å². The number of amides is 4. The van der Waals surface area contributed by atoms with Gasteiger partial charge in [0.05, 0.1) is 0 Å². The van der Waals surface area contributed by atoms with Gasteiger partial charge in [-0.05, 0) is 38.6 Å². The lowest BCUT2D eigenvalue weighted by molar-refractivity contribution is -0.141. The number of nitrogens with one attached hydrogen (secondary N) is 2. The number of thioether (sulfide) groups is 1. The number of amidine groups is 1. The van der Waals surface area contributed by atoms with Crippen molar-refractivity contribution in [2.24, 2.45) is 5.10 Å². The Bertz CT molecular complexity index is 1470. The number of fused-ring (bicyclic) bond motifs is 6. The van der Waals surface area contributed by atoms with Gasteiger partial charge in [0.15, 0.2) is 23.0 Å². The van der Waals surface area contributed by atoms with Crippen LogP contribution in [-0.2, 0) is 15.1 Å². The highest BCUT2D eigenvalue weighted by molar-refractivity contribution is 8.16. The minimum absolute atomic E-state index is 0.189. The van der Waals surface area contributed by atoms with Gasteiger partial charge in [0, 0.05) is 36.8 Å². The van der Waals surface area contributed by atoms with E-state index >= 15 is 9.18 Å². The Morgan fingerprint density at radius 3 is 2.51 bits per heavy atom. The summed E-state index contributed by atoms with van der Waals surface area (Å²) in [6.45, 7) is 4.84. The maximum absolute atomic E-state index is 15.5. The molecule has 202 valence electrons. The van der Waals surface area contributed by atoms with Crippen LogP contribution in [0, 0.1) is 5.82 Å². The highest BCUT2D eigenvalue weighted by Crippen LogP contribution is 2.66. The van der Waals surface area contributed by atoms with Crippen molar-refractivity contribution < 1.29 is 18.8 Å². The zero-order chi connectivity index (χ0) is 27.3. The van der Waals surface area contributed by atoms with Crippen LogP contribution in [0.1, 0.15) is 30.9 Å². The number of urea groups is 1. The summed E-state index contributed by atoms with van der Waals surface area (Å²) in [4.78, 5) is 49.4. The van der Waals surface area contributed by atoms with E-state index in [1.54, 1.807) is 32.9 Å². The molecule has 0 bridgehead atoms. The molecule has 39 heavy (non-hydrogen) atoms. The zero-order valence-corrected chi connectivity index (χ0v) is 22.5. The second kappa shape index (κ2) is 8.18. The number of hydrogen-bond acceptors (Lipinski definition) is 7. The third kappa shape index (κ3) is 2.70. The number of rotatable bonds is 3. The number of nitrogens with zero attached hydrogens (tertiary/aromatic N) is 5. The third-order valence-electron chi connectivity index (χ3n) is 8.89. The summed E-state index contributed by atoms with van der Waals surface area (Å²) in [5.74, 6) is -1.80. The van der Waals surface area contributed by atoms with E-state index in [0.717, 1.165) is 0 Å². The highest BCUT2D eigenvalue weighted by atomic mass is 32.2. The second-order valence-corrected chi connectivity index (χ2v) is 11.6. The van der Waals surface area contributed by atoms with Gasteiger partial charge >= 0.3 is 6.03 Å². The average molecular weight is 550 g/mol. The molecule has 7 rings (SSSR count). The molecule has 5 unspecified atom stereocenters. The predicted octanol–water partition coefficient (Wildman–Crippen LogP) is 2.32. The first-order valence-corrected chi connectivity index (χ1v) is 13.9. The van der Waals surface area contributed by atoms with Crippen LogP contribution in [0.3, 0.4) is 0 Å². The SMILES string of the molecule is CCN1C(=O)N(CC)C2C1NN=C1SC3(C(=O)N12)C(c1ccccc1F)CN(C)C31C(=O)Nc2ccccc21. The molecule has 2 aromatic rings. The van der Waals surface area contributed by atoms with Gasteiger partial charge in [-0.2, -0.15) is 5.10 Å². The molecule has 5 atom stereocenters. The van der Waals surface area contributed by atoms with Crippen molar-refractivity contribution in [3.63, 3.8) is 0 Å². The maximum atomic E-state index is 15.5. The molecule has 0 aliphatic carbocycles. The number of likely N-dealkylation sites (N-methyl/N-ethyl adjacent to an activating group) is 3. The lowest BCUT2D eigenvalue weighted by atomic mass is 9.72. The summed E-state index contributed by atoms with van der Waals surface area (Å²) in [5.41, 5.74) is 3.35. The van der Waals surface area contributed by atoms with Crippen LogP contribution >= 0.6 is 11.8 Å². The van der Waals surface area contributed by atoms with E-state index < -0.39 is 34.4 Å². The first-order valence-electron chi connectivity index (χ1n) is 13.1. The van der Waals surface area contributed by atoms with E-state index in [1.165, 1.54) is 17.8 Å². The van der Waals surface area contributed by atoms with Gasteiger partial charge in [-0.1, -0.05) is 48.2 Å². The molecule has 0 radical (unpaired) electrons. The lowest BCUT2D eigenvalue weighted by Crippen LogP contribution is -2.65. The van der Waals surface area contributed by atoms with Crippen molar-refractivity contribution >= 4 is 40.5 Å². The van der Waals surface area contributed by atoms with Crippen LogP contribution in [0.4, 0.5) is 14.9 Å².